The summed E-state index contributed by atoms with van der Waals surface area (Å²) >= 11 is 0. The second-order valence-corrected chi connectivity index (χ2v) is 6.41. The first kappa shape index (κ1) is 19.9. The molecule has 1 aliphatic heterocycles. The lowest BCUT2D eigenvalue weighted by molar-refractivity contribution is -0.141. The summed E-state index contributed by atoms with van der Waals surface area (Å²) in [7, 11) is 0. The van der Waals surface area contributed by atoms with Gasteiger partial charge in [0.25, 0.3) is 5.91 Å². The van der Waals surface area contributed by atoms with Crippen LogP contribution in [0.15, 0.2) is 54.2 Å². The lowest BCUT2D eigenvalue weighted by Crippen LogP contribution is -2.45. The van der Waals surface area contributed by atoms with Crippen LogP contribution in [0.1, 0.15) is 18.1 Å². The molecule has 0 fully saturated rings. The number of carbonyl (C=O) groups excluding carboxylic acids is 2. The molecule has 1 unspecified atom stereocenters. The topological polar surface area (TPSA) is 114 Å². The van der Waals surface area contributed by atoms with Crippen molar-refractivity contribution in [1.29, 1.82) is 0 Å². The van der Waals surface area contributed by atoms with Crippen molar-refractivity contribution in [3.63, 3.8) is 0 Å². The minimum absolute atomic E-state index is 0.0734. The van der Waals surface area contributed by atoms with Crippen molar-refractivity contribution in [1.82, 2.24) is 10.6 Å². The average Bonchev–Trinajstić information content (AvgIpc) is 3.15. The van der Waals surface area contributed by atoms with Crippen LogP contribution in [-0.2, 0) is 20.8 Å². The predicted molar refractivity (Wildman–Crippen MR) is 104 cm³/mol. The third kappa shape index (κ3) is 5.35. The molecule has 0 radical (unpaired) electrons. The van der Waals surface area contributed by atoms with E-state index >= 15 is 0 Å². The molecule has 0 spiro atoms. The average molecular weight is 396 g/mol. The van der Waals surface area contributed by atoms with E-state index in [1.54, 1.807) is 42.5 Å². The van der Waals surface area contributed by atoms with Gasteiger partial charge < -0.3 is 25.2 Å². The van der Waals surface area contributed by atoms with E-state index in [0.717, 1.165) is 5.56 Å². The van der Waals surface area contributed by atoms with E-state index in [-0.39, 0.29) is 18.9 Å². The number of hydrogen-bond donors (Lipinski definition) is 3. The van der Waals surface area contributed by atoms with Gasteiger partial charge in [0.2, 0.25) is 12.7 Å². The number of ether oxygens (including phenoxy) is 2. The fourth-order valence-corrected chi connectivity index (χ4v) is 2.80. The molecule has 8 heteroatoms. The molecule has 2 aromatic carbocycles. The molecule has 1 atom stereocenters. The molecule has 0 aromatic heterocycles. The third-order valence-electron chi connectivity index (χ3n) is 4.15. The van der Waals surface area contributed by atoms with Crippen LogP contribution in [0.2, 0.25) is 0 Å². The highest BCUT2D eigenvalue weighted by Gasteiger charge is 2.23. The molecule has 2 amide bonds. The maximum atomic E-state index is 12.7. The molecule has 2 aromatic rings. The number of benzene rings is 2. The molecule has 3 rings (SSSR count). The van der Waals surface area contributed by atoms with Crippen LogP contribution in [0.3, 0.4) is 0 Å². The van der Waals surface area contributed by atoms with Crippen LogP contribution in [0.4, 0.5) is 0 Å². The largest absolute Gasteiger partial charge is 0.480 e. The summed E-state index contributed by atoms with van der Waals surface area (Å²) in [4.78, 5) is 35.9. The monoisotopic (exact) mass is 396 g/mol. The van der Waals surface area contributed by atoms with E-state index in [0.29, 0.717) is 17.1 Å². The van der Waals surface area contributed by atoms with Crippen molar-refractivity contribution in [2.45, 2.75) is 19.4 Å². The smallest absolute Gasteiger partial charge is 0.326 e. The number of amides is 2. The summed E-state index contributed by atoms with van der Waals surface area (Å²) < 4.78 is 10.6. The first-order chi connectivity index (χ1) is 13.9. The highest BCUT2D eigenvalue weighted by atomic mass is 16.7. The van der Waals surface area contributed by atoms with Crippen LogP contribution in [0.5, 0.6) is 11.5 Å². The molecule has 29 heavy (non-hydrogen) atoms. The van der Waals surface area contributed by atoms with Gasteiger partial charge in [-0.3, -0.25) is 9.59 Å². The number of fused-ring (bicyclic) bond motifs is 1. The molecule has 1 aliphatic rings. The second-order valence-electron chi connectivity index (χ2n) is 6.41. The lowest BCUT2D eigenvalue weighted by atomic mass is 10.1. The van der Waals surface area contributed by atoms with Gasteiger partial charge in [0, 0.05) is 13.3 Å². The summed E-state index contributed by atoms with van der Waals surface area (Å²) in [5.74, 6) is -1.23. The van der Waals surface area contributed by atoms with Gasteiger partial charge in [0.05, 0.1) is 0 Å². The second kappa shape index (κ2) is 8.92. The van der Waals surface area contributed by atoms with Crippen molar-refractivity contribution in [3.05, 3.63) is 65.4 Å². The third-order valence-corrected chi connectivity index (χ3v) is 4.15. The number of carbonyl (C=O) groups is 3. The fourth-order valence-electron chi connectivity index (χ4n) is 2.80. The summed E-state index contributed by atoms with van der Waals surface area (Å²) in [5, 5.41) is 14.4. The van der Waals surface area contributed by atoms with Gasteiger partial charge in [-0.1, -0.05) is 36.4 Å². The van der Waals surface area contributed by atoms with Gasteiger partial charge in [-0.15, -0.1) is 0 Å². The Morgan fingerprint density at radius 1 is 1.10 bits per heavy atom. The summed E-state index contributed by atoms with van der Waals surface area (Å²) in [6.07, 6.45) is 1.55. The van der Waals surface area contributed by atoms with Crippen molar-refractivity contribution in [3.8, 4) is 11.5 Å². The Labute approximate surface area is 167 Å². The molecular weight excluding hydrogens is 376 g/mol. The quantitative estimate of drug-likeness (QED) is 0.614. The van der Waals surface area contributed by atoms with E-state index in [1.165, 1.54) is 13.0 Å². The molecule has 0 bridgehead atoms. The van der Waals surface area contributed by atoms with Gasteiger partial charge >= 0.3 is 5.97 Å². The van der Waals surface area contributed by atoms with Crippen LogP contribution in [0, 0.1) is 0 Å². The number of carboxylic acid groups (broad SMARTS) is 1. The Hall–Kier alpha value is -3.81. The zero-order valence-electron chi connectivity index (χ0n) is 15.7. The molecular formula is C21H20N2O6. The maximum absolute atomic E-state index is 12.7. The first-order valence-electron chi connectivity index (χ1n) is 8.89. The minimum atomic E-state index is -1.17. The van der Waals surface area contributed by atoms with Gasteiger partial charge in [-0.05, 0) is 29.3 Å². The highest BCUT2D eigenvalue weighted by molar-refractivity contribution is 6.02. The Kier molecular flexibility index (Phi) is 6.13. The van der Waals surface area contributed by atoms with Gasteiger partial charge in [-0.25, -0.2) is 4.79 Å². The molecule has 1 heterocycles. The summed E-state index contributed by atoms with van der Waals surface area (Å²) in [6.45, 7) is 1.38. The van der Waals surface area contributed by atoms with Crippen molar-refractivity contribution >= 4 is 23.9 Å². The fraction of sp³-hybridized carbons (Fsp3) is 0.190. The van der Waals surface area contributed by atoms with E-state index < -0.39 is 23.8 Å². The van der Waals surface area contributed by atoms with Gasteiger partial charge in [0.15, 0.2) is 11.5 Å². The number of carboxylic acids is 1. The van der Waals surface area contributed by atoms with Crippen molar-refractivity contribution in [2.24, 2.45) is 0 Å². The Morgan fingerprint density at radius 3 is 2.52 bits per heavy atom. The van der Waals surface area contributed by atoms with Crippen LogP contribution >= 0.6 is 0 Å². The molecule has 150 valence electrons. The van der Waals surface area contributed by atoms with Crippen LogP contribution < -0.4 is 20.1 Å². The molecule has 0 saturated carbocycles. The highest BCUT2D eigenvalue weighted by Crippen LogP contribution is 2.33. The van der Waals surface area contributed by atoms with E-state index in [1.807, 2.05) is 6.07 Å². The Balaban J connectivity index is 1.80. The molecule has 0 aliphatic carbocycles. The van der Waals surface area contributed by atoms with Crippen molar-refractivity contribution in [2.75, 3.05) is 6.79 Å². The Bertz CT molecular complexity index is 955. The van der Waals surface area contributed by atoms with E-state index in [2.05, 4.69) is 10.6 Å². The summed E-state index contributed by atoms with van der Waals surface area (Å²) in [6, 6.07) is 12.8. The van der Waals surface area contributed by atoms with Crippen LogP contribution in [0.25, 0.3) is 6.08 Å². The van der Waals surface area contributed by atoms with Crippen LogP contribution in [-0.4, -0.2) is 35.7 Å². The van der Waals surface area contributed by atoms with E-state index in [9.17, 15) is 19.5 Å². The molecule has 3 N–H and O–H groups in total. The van der Waals surface area contributed by atoms with Crippen molar-refractivity contribution < 1.29 is 29.0 Å². The van der Waals surface area contributed by atoms with Gasteiger partial charge in [0.1, 0.15) is 11.7 Å². The zero-order valence-corrected chi connectivity index (χ0v) is 15.7. The Morgan fingerprint density at radius 2 is 1.83 bits per heavy atom. The SMILES string of the molecule is CC(=O)N/C(=C/c1ccc2c(c1)OCO2)C(=O)NC(Cc1ccccc1)C(=O)O. The standard InChI is InChI=1S/C21H20N2O6/c1-13(24)22-16(10-15-7-8-18-19(11-15)29-12-28-18)20(25)23-17(21(26)27)9-14-5-3-2-4-6-14/h2-8,10-11,17H,9,12H2,1H3,(H,22,24)(H,23,25)(H,26,27)/b16-10+. The van der Waals surface area contributed by atoms with Gasteiger partial charge in [-0.2, -0.15) is 0 Å². The van der Waals surface area contributed by atoms with E-state index in [4.69, 9.17) is 9.47 Å². The normalized spacial score (nSPS) is 13.5. The number of hydrogen-bond acceptors (Lipinski definition) is 5. The molecule has 0 saturated heterocycles. The zero-order chi connectivity index (χ0) is 20.8. The first-order valence-corrected chi connectivity index (χ1v) is 8.89. The summed E-state index contributed by atoms with van der Waals surface area (Å²) in [5.41, 5.74) is 1.28. The number of nitrogens with one attached hydrogen (secondary N) is 2. The lowest BCUT2D eigenvalue weighted by Gasteiger charge is -2.16. The molecule has 8 nitrogen and oxygen atoms in total. The maximum Gasteiger partial charge on any atom is 0.326 e. The number of aliphatic carboxylic acids is 1. The number of rotatable bonds is 7. The predicted octanol–water partition coefficient (Wildman–Crippen LogP) is 1.70. The minimum Gasteiger partial charge on any atom is -0.480 e.